The van der Waals surface area contributed by atoms with Gasteiger partial charge in [-0.05, 0) is 59.2 Å². The Hall–Kier alpha value is -1.13. The Labute approximate surface area is 115 Å². The van der Waals surface area contributed by atoms with E-state index >= 15 is 0 Å². The quantitative estimate of drug-likeness (QED) is 0.915. The minimum atomic E-state index is -0.223. The summed E-state index contributed by atoms with van der Waals surface area (Å²) >= 11 is 3.21. The Bertz CT molecular complexity index is 549. The molecule has 4 heteroatoms. The Morgan fingerprint density at radius 3 is 2.78 bits per heavy atom. The van der Waals surface area contributed by atoms with Gasteiger partial charge in [0.2, 0.25) is 0 Å². The van der Waals surface area contributed by atoms with Crippen molar-refractivity contribution >= 4 is 15.9 Å². The first kappa shape index (κ1) is 13.3. The van der Waals surface area contributed by atoms with Gasteiger partial charge in [-0.3, -0.25) is 0 Å². The maximum Gasteiger partial charge on any atom is 0.137 e. The summed E-state index contributed by atoms with van der Waals surface area (Å²) in [5, 5.41) is 3.15. The lowest BCUT2D eigenvalue weighted by Gasteiger charge is -2.08. The zero-order chi connectivity index (χ0) is 13.1. The number of aromatic nitrogens is 1. The third kappa shape index (κ3) is 2.82. The lowest BCUT2D eigenvalue weighted by Crippen LogP contribution is -2.07. The molecule has 1 heterocycles. The highest BCUT2D eigenvalue weighted by Crippen LogP contribution is 2.19. The number of rotatable bonds is 4. The number of hydrogen-bond donors (Lipinski definition) is 1. The highest BCUT2D eigenvalue weighted by atomic mass is 79.9. The van der Waals surface area contributed by atoms with Crippen molar-refractivity contribution in [1.29, 1.82) is 0 Å². The van der Waals surface area contributed by atoms with Crippen LogP contribution in [0.4, 0.5) is 4.39 Å². The minimum absolute atomic E-state index is 0.223. The lowest BCUT2D eigenvalue weighted by atomic mass is 10.2. The smallest absolute Gasteiger partial charge is 0.137 e. The van der Waals surface area contributed by atoms with Crippen molar-refractivity contribution in [2.24, 2.45) is 0 Å². The molecule has 0 bridgehead atoms. The van der Waals surface area contributed by atoms with Crippen LogP contribution in [0.2, 0.25) is 0 Å². The van der Waals surface area contributed by atoms with E-state index in [0.717, 1.165) is 18.7 Å². The summed E-state index contributed by atoms with van der Waals surface area (Å²) in [4.78, 5) is 0. The zero-order valence-corrected chi connectivity index (χ0v) is 12.1. The molecule has 0 atom stereocenters. The molecular formula is C14H16BrFN2. The van der Waals surface area contributed by atoms with E-state index in [1.165, 1.54) is 17.3 Å². The van der Waals surface area contributed by atoms with Gasteiger partial charge in [0.25, 0.3) is 0 Å². The van der Waals surface area contributed by atoms with Gasteiger partial charge in [-0.25, -0.2) is 4.39 Å². The second kappa shape index (κ2) is 5.67. The van der Waals surface area contributed by atoms with E-state index < -0.39 is 0 Å². The molecule has 0 saturated heterocycles. The van der Waals surface area contributed by atoms with E-state index in [0.29, 0.717) is 4.47 Å². The third-order valence-corrected chi connectivity index (χ3v) is 3.66. The first-order valence-corrected chi connectivity index (χ1v) is 6.64. The van der Waals surface area contributed by atoms with Crippen LogP contribution < -0.4 is 5.32 Å². The number of hydrogen-bond acceptors (Lipinski definition) is 1. The van der Waals surface area contributed by atoms with E-state index in [2.05, 4.69) is 45.0 Å². The number of nitrogens with zero attached hydrogens (tertiary/aromatic N) is 1. The van der Waals surface area contributed by atoms with Crippen LogP contribution in [0.3, 0.4) is 0 Å². The fourth-order valence-electron chi connectivity index (χ4n) is 1.98. The normalized spacial score (nSPS) is 10.9. The lowest BCUT2D eigenvalue weighted by molar-refractivity contribution is 0.619. The second-order valence-electron chi connectivity index (χ2n) is 4.33. The maximum absolute atomic E-state index is 13.2. The number of halogens is 2. The standard InChI is InChI=1S/C14H16BrFN2/c1-10-12(8-17-2)5-6-18(10)9-11-3-4-14(16)13(15)7-11/h3-7,17H,8-9H2,1-2H3. The molecule has 0 aliphatic rings. The molecule has 0 aliphatic heterocycles. The highest BCUT2D eigenvalue weighted by molar-refractivity contribution is 9.10. The average molecular weight is 311 g/mol. The van der Waals surface area contributed by atoms with Crippen molar-refractivity contribution in [3.05, 3.63) is 57.6 Å². The Kier molecular flexibility index (Phi) is 4.19. The summed E-state index contributed by atoms with van der Waals surface area (Å²) in [7, 11) is 1.94. The summed E-state index contributed by atoms with van der Waals surface area (Å²) in [5.74, 6) is -0.223. The number of nitrogens with one attached hydrogen (secondary N) is 1. The highest BCUT2D eigenvalue weighted by Gasteiger charge is 2.06. The largest absolute Gasteiger partial charge is 0.347 e. The molecule has 18 heavy (non-hydrogen) atoms. The number of benzene rings is 1. The van der Waals surface area contributed by atoms with Crippen LogP contribution in [0.15, 0.2) is 34.9 Å². The summed E-state index contributed by atoms with van der Waals surface area (Å²) in [5.41, 5.74) is 3.61. The topological polar surface area (TPSA) is 17.0 Å². The average Bonchev–Trinajstić information content (AvgIpc) is 2.67. The molecule has 0 saturated carbocycles. The molecule has 1 aromatic carbocycles. The van der Waals surface area contributed by atoms with Crippen molar-refractivity contribution in [3.8, 4) is 0 Å². The Balaban J connectivity index is 2.20. The van der Waals surface area contributed by atoms with Crippen LogP contribution in [0, 0.1) is 12.7 Å². The van der Waals surface area contributed by atoms with Gasteiger partial charge in [-0.1, -0.05) is 6.07 Å². The van der Waals surface area contributed by atoms with Crippen molar-refractivity contribution in [2.45, 2.75) is 20.0 Å². The molecule has 96 valence electrons. The first-order chi connectivity index (χ1) is 8.61. The molecule has 0 unspecified atom stereocenters. The van der Waals surface area contributed by atoms with Crippen LogP contribution in [-0.2, 0) is 13.1 Å². The van der Waals surface area contributed by atoms with Crippen LogP contribution in [0.5, 0.6) is 0 Å². The fourth-order valence-corrected chi connectivity index (χ4v) is 2.41. The zero-order valence-electron chi connectivity index (χ0n) is 10.5. The molecule has 0 amide bonds. The van der Waals surface area contributed by atoms with Gasteiger partial charge < -0.3 is 9.88 Å². The van der Waals surface area contributed by atoms with Crippen LogP contribution in [0.25, 0.3) is 0 Å². The Morgan fingerprint density at radius 2 is 2.11 bits per heavy atom. The maximum atomic E-state index is 13.2. The summed E-state index contributed by atoms with van der Waals surface area (Å²) in [6.07, 6.45) is 2.07. The molecule has 1 N–H and O–H groups in total. The van der Waals surface area contributed by atoms with Gasteiger partial charge in [-0.15, -0.1) is 0 Å². The summed E-state index contributed by atoms with van der Waals surface area (Å²) in [6, 6.07) is 7.25. The van der Waals surface area contributed by atoms with E-state index in [4.69, 9.17) is 0 Å². The molecule has 2 nitrogen and oxygen atoms in total. The van der Waals surface area contributed by atoms with E-state index in [1.54, 1.807) is 0 Å². The van der Waals surface area contributed by atoms with E-state index in [-0.39, 0.29) is 5.82 Å². The molecule has 0 radical (unpaired) electrons. The van der Waals surface area contributed by atoms with Gasteiger partial charge in [-0.2, -0.15) is 0 Å². The van der Waals surface area contributed by atoms with Gasteiger partial charge in [0, 0.05) is 25.0 Å². The van der Waals surface area contributed by atoms with Crippen molar-refractivity contribution in [3.63, 3.8) is 0 Å². The molecular weight excluding hydrogens is 295 g/mol. The molecule has 1 aromatic heterocycles. The molecule has 0 aliphatic carbocycles. The first-order valence-electron chi connectivity index (χ1n) is 5.85. The van der Waals surface area contributed by atoms with Gasteiger partial charge in [0.1, 0.15) is 5.82 Å². The minimum Gasteiger partial charge on any atom is -0.347 e. The van der Waals surface area contributed by atoms with E-state index in [9.17, 15) is 4.39 Å². The van der Waals surface area contributed by atoms with Gasteiger partial charge in [0.05, 0.1) is 4.47 Å². The summed E-state index contributed by atoms with van der Waals surface area (Å²) < 4.78 is 15.8. The van der Waals surface area contributed by atoms with Crippen molar-refractivity contribution < 1.29 is 4.39 Å². The van der Waals surface area contributed by atoms with Crippen LogP contribution in [-0.4, -0.2) is 11.6 Å². The van der Waals surface area contributed by atoms with Crippen LogP contribution in [0.1, 0.15) is 16.8 Å². The SMILES string of the molecule is CNCc1ccn(Cc2ccc(F)c(Br)c2)c1C. The second-order valence-corrected chi connectivity index (χ2v) is 5.19. The molecule has 0 fully saturated rings. The third-order valence-electron chi connectivity index (χ3n) is 3.06. The van der Waals surface area contributed by atoms with Crippen molar-refractivity contribution in [1.82, 2.24) is 9.88 Å². The van der Waals surface area contributed by atoms with Gasteiger partial charge >= 0.3 is 0 Å². The molecule has 2 aromatic rings. The molecule has 2 rings (SSSR count). The molecule has 0 spiro atoms. The fraction of sp³-hybridized carbons (Fsp3) is 0.286. The van der Waals surface area contributed by atoms with Crippen molar-refractivity contribution in [2.75, 3.05) is 7.05 Å². The predicted octanol–water partition coefficient (Wildman–Crippen LogP) is 3.47. The van der Waals surface area contributed by atoms with Crippen LogP contribution >= 0.6 is 15.9 Å². The predicted molar refractivity (Wildman–Crippen MR) is 75.1 cm³/mol. The van der Waals surface area contributed by atoms with Gasteiger partial charge in [0.15, 0.2) is 0 Å². The Morgan fingerprint density at radius 1 is 1.33 bits per heavy atom. The monoisotopic (exact) mass is 310 g/mol. The van der Waals surface area contributed by atoms with E-state index in [1.807, 2.05) is 19.2 Å². The summed E-state index contributed by atoms with van der Waals surface area (Å²) in [6.45, 7) is 3.73.